The zero-order valence-electron chi connectivity index (χ0n) is 16.0. The van der Waals surface area contributed by atoms with Crippen LogP contribution in [0.2, 0.25) is 0 Å². The number of methoxy groups -OCH3 is 1. The Morgan fingerprint density at radius 1 is 0.960 bits per heavy atom. The molecular formula is C20H31N3O2. The zero-order chi connectivity index (χ0) is 18.5. The third-order valence-electron chi connectivity index (χ3n) is 4.21. The minimum atomic E-state index is 0.486. The first kappa shape index (κ1) is 20.9. The molecule has 5 nitrogen and oxygen atoms in total. The highest BCUT2D eigenvalue weighted by atomic mass is 16.5. The van der Waals surface area contributed by atoms with Gasteiger partial charge in [-0.3, -0.25) is 0 Å². The van der Waals surface area contributed by atoms with Crippen molar-refractivity contribution >= 4 is 0 Å². The van der Waals surface area contributed by atoms with Crippen LogP contribution in [0.1, 0.15) is 63.1 Å². The molecule has 0 aliphatic carbocycles. The topological polar surface area (TPSA) is 68.1 Å². The minimum Gasteiger partial charge on any atom is -0.508 e. The van der Waals surface area contributed by atoms with E-state index in [9.17, 15) is 5.11 Å². The molecule has 0 spiro atoms. The molecule has 25 heavy (non-hydrogen) atoms. The molecule has 0 unspecified atom stereocenters. The number of ether oxygens (including phenoxy) is 1. The maximum Gasteiger partial charge on any atom is 0.236 e. The Morgan fingerprint density at radius 3 is 2.28 bits per heavy atom. The van der Waals surface area contributed by atoms with Gasteiger partial charge in [-0.15, -0.1) is 5.10 Å². The monoisotopic (exact) mass is 345 g/mol. The molecule has 138 valence electrons. The molecule has 1 aromatic carbocycles. The van der Waals surface area contributed by atoms with Gasteiger partial charge in [-0.2, -0.15) is 0 Å². The van der Waals surface area contributed by atoms with Crippen molar-refractivity contribution in [2.75, 3.05) is 7.11 Å². The predicted molar refractivity (Wildman–Crippen MR) is 101 cm³/mol. The van der Waals surface area contributed by atoms with Gasteiger partial charge in [-0.25, -0.2) is 0 Å². The average Bonchev–Trinajstić information content (AvgIpc) is 2.67. The molecule has 5 heteroatoms. The lowest BCUT2D eigenvalue weighted by Crippen LogP contribution is -1.99. The molecule has 1 N–H and O–H groups in total. The number of unbranched alkanes of at least 4 members (excludes halogenated alkanes) is 3. The summed E-state index contributed by atoms with van der Waals surface area (Å²) in [6.45, 7) is 6.60. The first-order chi connectivity index (χ1) is 12.2. The maximum absolute atomic E-state index is 10.00. The fourth-order valence-electron chi connectivity index (χ4n) is 2.85. The molecule has 0 bridgehead atoms. The lowest BCUT2D eigenvalue weighted by molar-refractivity contribution is 0.388. The van der Waals surface area contributed by atoms with E-state index in [-0.39, 0.29) is 0 Å². The largest absolute Gasteiger partial charge is 0.508 e. The second-order valence-corrected chi connectivity index (χ2v) is 5.88. The number of aromatic hydroxyl groups is 1. The molecule has 1 aromatic heterocycles. The van der Waals surface area contributed by atoms with Crippen molar-refractivity contribution < 1.29 is 9.84 Å². The van der Waals surface area contributed by atoms with Crippen LogP contribution in [0.25, 0.3) is 0 Å². The molecule has 0 radical (unpaired) electrons. The van der Waals surface area contributed by atoms with E-state index in [0.717, 1.165) is 19.3 Å². The molecule has 0 saturated heterocycles. The van der Waals surface area contributed by atoms with E-state index < -0.39 is 0 Å². The second-order valence-electron chi connectivity index (χ2n) is 5.88. The van der Waals surface area contributed by atoms with E-state index >= 15 is 0 Å². The number of nitrogens with zero attached hydrogens (tertiary/aromatic N) is 3. The molecular weight excluding hydrogens is 314 g/mol. The number of rotatable bonds is 8. The number of hydrogen-bond donors (Lipinski definition) is 1. The van der Waals surface area contributed by atoms with E-state index in [1.54, 1.807) is 6.07 Å². The highest BCUT2D eigenvalue weighted by molar-refractivity contribution is 5.44. The molecule has 0 aliphatic heterocycles. The SMILES string of the molecule is CCCCCCc1c(O)ccc(CC)c1CC.COc1ccnnn1. The van der Waals surface area contributed by atoms with E-state index in [0.29, 0.717) is 11.6 Å². The van der Waals surface area contributed by atoms with Crippen molar-refractivity contribution in [2.45, 2.75) is 65.7 Å². The molecule has 0 atom stereocenters. The third-order valence-corrected chi connectivity index (χ3v) is 4.21. The van der Waals surface area contributed by atoms with Crippen molar-refractivity contribution in [3.63, 3.8) is 0 Å². The number of phenolic OH excluding ortho intramolecular Hbond substituents is 1. The van der Waals surface area contributed by atoms with E-state index in [4.69, 9.17) is 4.74 Å². The molecule has 0 aliphatic rings. The summed E-state index contributed by atoms with van der Waals surface area (Å²) in [5.74, 6) is 0.982. The zero-order valence-corrected chi connectivity index (χ0v) is 16.0. The number of aromatic nitrogens is 3. The predicted octanol–water partition coefficient (Wildman–Crippen LogP) is 4.52. The highest BCUT2D eigenvalue weighted by Crippen LogP contribution is 2.27. The smallest absolute Gasteiger partial charge is 0.236 e. The third kappa shape index (κ3) is 7.08. The van der Waals surface area contributed by atoms with Crippen LogP contribution in [0.4, 0.5) is 0 Å². The summed E-state index contributed by atoms with van der Waals surface area (Å²) in [6, 6.07) is 5.57. The average molecular weight is 345 g/mol. The summed E-state index contributed by atoms with van der Waals surface area (Å²) < 4.78 is 4.70. The van der Waals surface area contributed by atoms with Crippen molar-refractivity contribution in [3.8, 4) is 11.6 Å². The molecule has 2 rings (SSSR count). The normalized spacial score (nSPS) is 10.1. The van der Waals surface area contributed by atoms with Crippen molar-refractivity contribution in [2.24, 2.45) is 0 Å². The lowest BCUT2D eigenvalue weighted by Gasteiger charge is -2.14. The lowest BCUT2D eigenvalue weighted by atomic mass is 9.93. The highest BCUT2D eigenvalue weighted by Gasteiger charge is 2.10. The minimum absolute atomic E-state index is 0.486. The first-order valence-electron chi connectivity index (χ1n) is 9.18. The summed E-state index contributed by atoms with van der Waals surface area (Å²) >= 11 is 0. The summed E-state index contributed by atoms with van der Waals surface area (Å²) in [7, 11) is 1.53. The van der Waals surface area contributed by atoms with E-state index in [2.05, 4.69) is 42.2 Å². The van der Waals surface area contributed by atoms with Gasteiger partial charge in [0.05, 0.1) is 13.3 Å². The van der Waals surface area contributed by atoms with Crippen LogP contribution in [0, 0.1) is 0 Å². The van der Waals surface area contributed by atoms with Crippen LogP contribution in [0.5, 0.6) is 11.6 Å². The molecule has 1 heterocycles. The summed E-state index contributed by atoms with van der Waals surface area (Å²) in [5.41, 5.74) is 3.97. The maximum atomic E-state index is 10.00. The molecule has 2 aromatic rings. The van der Waals surface area contributed by atoms with Crippen molar-refractivity contribution in [1.82, 2.24) is 15.4 Å². The van der Waals surface area contributed by atoms with Crippen LogP contribution in [-0.2, 0) is 19.3 Å². The Hall–Kier alpha value is -2.17. The van der Waals surface area contributed by atoms with Crippen LogP contribution in [-0.4, -0.2) is 27.6 Å². The fourth-order valence-corrected chi connectivity index (χ4v) is 2.85. The van der Waals surface area contributed by atoms with E-state index in [1.807, 2.05) is 6.07 Å². The second kappa shape index (κ2) is 12.2. The first-order valence-corrected chi connectivity index (χ1v) is 9.18. The van der Waals surface area contributed by atoms with Gasteiger partial charge < -0.3 is 9.84 Å². The van der Waals surface area contributed by atoms with Crippen LogP contribution < -0.4 is 4.74 Å². The Balaban J connectivity index is 0.000000324. The summed E-state index contributed by atoms with van der Waals surface area (Å²) in [5, 5.41) is 20.3. The van der Waals surface area contributed by atoms with Gasteiger partial charge in [-0.1, -0.05) is 51.2 Å². The van der Waals surface area contributed by atoms with Gasteiger partial charge in [0.15, 0.2) is 0 Å². The van der Waals surface area contributed by atoms with Gasteiger partial charge in [0.1, 0.15) is 5.75 Å². The van der Waals surface area contributed by atoms with Gasteiger partial charge >= 0.3 is 0 Å². The van der Waals surface area contributed by atoms with E-state index in [1.165, 1.54) is 55.7 Å². The summed E-state index contributed by atoms with van der Waals surface area (Å²) in [6.07, 6.45) is 9.68. The van der Waals surface area contributed by atoms with Gasteiger partial charge in [-0.05, 0) is 53.7 Å². The molecule has 0 fully saturated rings. The number of aryl methyl sites for hydroxylation is 1. The standard InChI is InChI=1S/C16H26O.C4H5N3O/c1-4-7-8-9-10-15-14(6-3)13(5-2)11-12-16(15)17;1-8-4-2-3-5-7-6-4/h11-12,17H,4-10H2,1-3H3;2-3H,1H3. The number of benzene rings is 1. The Morgan fingerprint density at radius 2 is 1.76 bits per heavy atom. The Bertz CT molecular complexity index is 603. The molecule has 0 amide bonds. The van der Waals surface area contributed by atoms with Crippen LogP contribution >= 0.6 is 0 Å². The fraction of sp³-hybridized carbons (Fsp3) is 0.550. The van der Waals surface area contributed by atoms with Crippen LogP contribution in [0.3, 0.4) is 0 Å². The van der Waals surface area contributed by atoms with Gasteiger partial charge in [0.25, 0.3) is 0 Å². The van der Waals surface area contributed by atoms with Gasteiger partial charge in [0, 0.05) is 6.07 Å². The number of hydrogen-bond acceptors (Lipinski definition) is 5. The summed E-state index contributed by atoms with van der Waals surface area (Å²) in [4.78, 5) is 0. The Labute approximate surface area is 151 Å². The Kier molecular flexibility index (Phi) is 10.2. The van der Waals surface area contributed by atoms with Crippen molar-refractivity contribution in [3.05, 3.63) is 41.1 Å². The quantitative estimate of drug-likeness (QED) is 0.712. The van der Waals surface area contributed by atoms with Crippen LogP contribution in [0.15, 0.2) is 24.4 Å². The van der Waals surface area contributed by atoms with Crippen molar-refractivity contribution in [1.29, 1.82) is 0 Å². The molecule has 0 saturated carbocycles. The number of phenols is 1. The van der Waals surface area contributed by atoms with Gasteiger partial charge in [0.2, 0.25) is 5.88 Å².